The first-order valence-electron chi connectivity index (χ1n) is 5.17. The van der Waals surface area contributed by atoms with Crippen molar-refractivity contribution in [2.45, 2.75) is 19.9 Å². The van der Waals surface area contributed by atoms with Crippen LogP contribution >= 0.6 is 0 Å². The third-order valence-corrected chi connectivity index (χ3v) is 2.20. The monoisotopic (exact) mass is 210 g/mol. The number of hydrogen-bond acceptors (Lipinski definition) is 4. The van der Waals surface area contributed by atoms with Crippen LogP contribution in [0.3, 0.4) is 0 Å². The molecule has 1 rings (SSSR count). The number of nitrogens with two attached hydrogens (primary N) is 1. The van der Waals surface area contributed by atoms with Crippen LogP contribution in [0.4, 0.5) is 5.69 Å². The van der Waals surface area contributed by atoms with Gasteiger partial charge in [0.05, 0.1) is 18.4 Å². The van der Waals surface area contributed by atoms with Gasteiger partial charge < -0.3 is 10.6 Å². The van der Waals surface area contributed by atoms with Gasteiger partial charge in [-0.1, -0.05) is 6.92 Å². The highest BCUT2D eigenvalue weighted by Crippen LogP contribution is 2.06. The number of nitrogens with zero attached hydrogens (tertiary/aromatic N) is 3. The molecule has 0 spiro atoms. The molecule has 2 N–H and O–H groups in total. The summed E-state index contributed by atoms with van der Waals surface area (Å²) in [5.41, 5.74) is 6.13. The molecule has 15 heavy (non-hydrogen) atoms. The van der Waals surface area contributed by atoms with Crippen molar-refractivity contribution in [2.24, 2.45) is 5.73 Å². The average Bonchev–Trinajstić information content (AvgIpc) is 2.21. The minimum absolute atomic E-state index is 0.0964. The molecule has 0 aliphatic rings. The second-order valence-electron chi connectivity index (χ2n) is 3.49. The molecule has 0 fully saturated rings. The lowest BCUT2D eigenvalue weighted by Gasteiger charge is -2.17. The fraction of sp³-hybridized carbons (Fsp3) is 0.600. The summed E-state index contributed by atoms with van der Waals surface area (Å²) < 4.78 is 1.38. The largest absolute Gasteiger partial charge is 0.373 e. The molecule has 0 atom stereocenters. The number of rotatable bonds is 5. The van der Waals surface area contributed by atoms with Gasteiger partial charge in [0.25, 0.3) is 5.56 Å². The van der Waals surface area contributed by atoms with Gasteiger partial charge in [0, 0.05) is 26.2 Å². The van der Waals surface area contributed by atoms with E-state index in [1.54, 1.807) is 12.3 Å². The molecule has 0 saturated heterocycles. The average molecular weight is 210 g/mol. The third kappa shape index (κ3) is 3.06. The molecule has 1 aromatic rings. The van der Waals surface area contributed by atoms with Crippen LogP contribution < -0.4 is 16.2 Å². The summed E-state index contributed by atoms with van der Waals surface area (Å²) in [6, 6.07) is 1.60. The van der Waals surface area contributed by atoms with Crippen molar-refractivity contribution in [3.05, 3.63) is 22.6 Å². The molecule has 0 aliphatic heterocycles. The normalized spacial score (nSPS) is 10.3. The first kappa shape index (κ1) is 11.7. The molecule has 5 nitrogen and oxygen atoms in total. The van der Waals surface area contributed by atoms with E-state index >= 15 is 0 Å². The van der Waals surface area contributed by atoms with Crippen molar-refractivity contribution in [3.63, 3.8) is 0 Å². The molecular formula is C10H18N4O. The minimum Gasteiger partial charge on any atom is -0.373 e. The van der Waals surface area contributed by atoms with Gasteiger partial charge in [-0.3, -0.25) is 4.79 Å². The van der Waals surface area contributed by atoms with Crippen molar-refractivity contribution in [2.75, 3.05) is 25.0 Å². The fourth-order valence-electron chi connectivity index (χ4n) is 1.39. The van der Waals surface area contributed by atoms with Crippen LogP contribution in [0, 0.1) is 0 Å². The summed E-state index contributed by atoms with van der Waals surface area (Å²) >= 11 is 0. The summed E-state index contributed by atoms with van der Waals surface area (Å²) in [7, 11) is 1.95. The Morgan fingerprint density at radius 1 is 1.60 bits per heavy atom. The number of anilines is 1. The highest BCUT2D eigenvalue weighted by atomic mass is 16.1. The standard InChI is InChI=1S/C10H18N4O/c1-3-5-13(2)9-7-10(15)14(6-4-11)12-8-9/h7-8H,3-6,11H2,1-2H3. The molecule has 1 aromatic heterocycles. The van der Waals surface area contributed by atoms with Gasteiger partial charge in [-0.15, -0.1) is 0 Å². The van der Waals surface area contributed by atoms with E-state index in [2.05, 4.69) is 12.0 Å². The molecule has 0 unspecified atom stereocenters. The second kappa shape index (κ2) is 5.50. The molecule has 84 valence electrons. The lowest BCUT2D eigenvalue weighted by atomic mass is 10.3. The molecule has 0 bridgehead atoms. The summed E-state index contributed by atoms with van der Waals surface area (Å²) in [4.78, 5) is 13.6. The van der Waals surface area contributed by atoms with Crippen molar-refractivity contribution in [3.8, 4) is 0 Å². The fourth-order valence-corrected chi connectivity index (χ4v) is 1.39. The predicted octanol–water partition coefficient (Wildman–Crippen LogP) is 0.0482. The Kier molecular flexibility index (Phi) is 4.30. The van der Waals surface area contributed by atoms with E-state index in [0.717, 1.165) is 18.7 Å². The van der Waals surface area contributed by atoms with E-state index in [0.29, 0.717) is 13.1 Å². The first-order valence-corrected chi connectivity index (χ1v) is 5.17. The number of aromatic nitrogens is 2. The maximum absolute atomic E-state index is 11.6. The van der Waals surface area contributed by atoms with Gasteiger partial charge in [0.15, 0.2) is 0 Å². The zero-order chi connectivity index (χ0) is 11.3. The maximum Gasteiger partial charge on any atom is 0.268 e. The van der Waals surface area contributed by atoms with Crippen LogP contribution in [-0.4, -0.2) is 29.9 Å². The molecule has 0 radical (unpaired) electrons. The van der Waals surface area contributed by atoms with Crippen molar-refractivity contribution in [1.29, 1.82) is 0 Å². The first-order chi connectivity index (χ1) is 7.19. The SMILES string of the molecule is CCCN(C)c1cnn(CCN)c(=O)c1. The van der Waals surface area contributed by atoms with E-state index in [-0.39, 0.29) is 5.56 Å². The second-order valence-corrected chi connectivity index (χ2v) is 3.49. The van der Waals surface area contributed by atoms with E-state index in [1.807, 2.05) is 11.9 Å². The minimum atomic E-state index is -0.0964. The smallest absolute Gasteiger partial charge is 0.268 e. The highest BCUT2D eigenvalue weighted by molar-refractivity contribution is 5.41. The van der Waals surface area contributed by atoms with Crippen LogP contribution in [0.5, 0.6) is 0 Å². The van der Waals surface area contributed by atoms with Gasteiger partial charge in [0.1, 0.15) is 0 Å². The Morgan fingerprint density at radius 3 is 2.87 bits per heavy atom. The lowest BCUT2D eigenvalue weighted by molar-refractivity contribution is 0.586. The molecule has 0 amide bonds. The Hall–Kier alpha value is -1.36. The van der Waals surface area contributed by atoms with Crippen molar-refractivity contribution >= 4 is 5.69 Å². The molecule has 5 heteroatoms. The topological polar surface area (TPSA) is 64.2 Å². The van der Waals surface area contributed by atoms with Crippen LogP contribution in [0.25, 0.3) is 0 Å². The predicted molar refractivity (Wildman–Crippen MR) is 61.1 cm³/mol. The van der Waals surface area contributed by atoms with Gasteiger partial charge in [-0.05, 0) is 6.42 Å². The lowest BCUT2D eigenvalue weighted by Crippen LogP contribution is -2.28. The third-order valence-electron chi connectivity index (χ3n) is 2.20. The van der Waals surface area contributed by atoms with Gasteiger partial charge in [-0.2, -0.15) is 5.10 Å². The highest BCUT2D eigenvalue weighted by Gasteiger charge is 2.03. The van der Waals surface area contributed by atoms with Crippen molar-refractivity contribution in [1.82, 2.24) is 9.78 Å². The zero-order valence-electron chi connectivity index (χ0n) is 9.31. The van der Waals surface area contributed by atoms with Crippen LogP contribution in [0.15, 0.2) is 17.1 Å². The molecule has 0 aliphatic carbocycles. The molecule has 0 saturated carbocycles. The zero-order valence-corrected chi connectivity index (χ0v) is 9.31. The van der Waals surface area contributed by atoms with Crippen molar-refractivity contribution < 1.29 is 0 Å². The van der Waals surface area contributed by atoms with Gasteiger partial charge in [0.2, 0.25) is 0 Å². The van der Waals surface area contributed by atoms with Gasteiger partial charge >= 0.3 is 0 Å². The van der Waals surface area contributed by atoms with E-state index in [9.17, 15) is 4.79 Å². The summed E-state index contributed by atoms with van der Waals surface area (Å²) in [5.74, 6) is 0. The van der Waals surface area contributed by atoms with Crippen LogP contribution in [0.2, 0.25) is 0 Å². The Morgan fingerprint density at radius 2 is 2.33 bits per heavy atom. The van der Waals surface area contributed by atoms with Gasteiger partial charge in [-0.25, -0.2) is 4.68 Å². The maximum atomic E-state index is 11.6. The Labute approximate surface area is 89.5 Å². The molecule has 0 aromatic carbocycles. The van der Waals surface area contributed by atoms with E-state index < -0.39 is 0 Å². The van der Waals surface area contributed by atoms with E-state index in [4.69, 9.17) is 5.73 Å². The molecular weight excluding hydrogens is 192 g/mol. The van der Waals surface area contributed by atoms with E-state index in [1.165, 1.54) is 4.68 Å². The number of hydrogen-bond donors (Lipinski definition) is 1. The summed E-state index contributed by atoms with van der Waals surface area (Å²) in [5, 5.41) is 4.05. The summed E-state index contributed by atoms with van der Waals surface area (Å²) in [6.45, 7) is 3.91. The quantitative estimate of drug-likeness (QED) is 0.745. The summed E-state index contributed by atoms with van der Waals surface area (Å²) in [6.07, 6.45) is 2.75. The van der Waals surface area contributed by atoms with Crippen LogP contribution in [0.1, 0.15) is 13.3 Å². The van der Waals surface area contributed by atoms with Crippen LogP contribution in [-0.2, 0) is 6.54 Å². The Balaban J connectivity index is 2.86. The molecule has 1 heterocycles. The Bertz CT molecular complexity index is 361.